The molecule has 0 bridgehead atoms. The Morgan fingerprint density at radius 2 is 2.14 bits per heavy atom. The standard InChI is InChI=1S/C15H14BrN3O3/c16-11-7-12(17-8-11)15(21)19-18-14(20)6-9-1-2-13-10(5-9)3-4-22-13/h1-2,5,7-8,17H,3-4,6H2,(H,18,20)(H,19,21). The van der Waals surface area contributed by atoms with Gasteiger partial charge in [0, 0.05) is 17.1 Å². The topological polar surface area (TPSA) is 83.2 Å². The Morgan fingerprint density at radius 3 is 2.91 bits per heavy atom. The molecule has 1 aromatic heterocycles. The van der Waals surface area contributed by atoms with Crippen LogP contribution in [0.15, 0.2) is 34.9 Å². The maximum absolute atomic E-state index is 11.9. The molecule has 0 aliphatic carbocycles. The van der Waals surface area contributed by atoms with Gasteiger partial charge >= 0.3 is 0 Å². The van der Waals surface area contributed by atoms with Crippen molar-refractivity contribution < 1.29 is 14.3 Å². The van der Waals surface area contributed by atoms with Crippen molar-refractivity contribution in [3.63, 3.8) is 0 Å². The minimum Gasteiger partial charge on any atom is -0.493 e. The van der Waals surface area contributed by atoms with Crippen LogP contribution in [0.5, 0.6) is 5.75 Å². The monoisotopic (exact) mass is 363 g/mol. The van der Waals surface area contributed by atoms with Gasteiger partial charge in [-0.15, -0.1) is 0 Å². The molecule has 0 unspecified atom stereocenters. The highest BCUT2D eigenvalue weighted by Crippen LogP contribution is 2.25. The third-order valence-electron chi connectivity index (χ3n) is 3.33. The summed E-state index contributed by atoms with van der Waals surface area (Å²) in [5.41, 5.74) is 7.14. The first-order chi connectivity index (χ1) is 10.6. The van der Waals surface area contributed by atoms with E-state index in [-0.39, 0.29) is 12.3 Å². The number of hydrogen-bond acceptors (Lipinski definition) is 3. The van der Waals surface area contributed by atoms with Gasteiger partial charge in [-0.2, -0.15) is 0 Å². The maximum atomic E-state index is 11.9. The molecule has 3 rings (SSSR count). The molecule has 114 valence electrons. The SMILES string of the molecule is O=C(Cc1ccc2c(c1)CCO2)NNC(=O)c1cc(Br)c[nH]1. The number of carbonyl (C=O) groups excluding carboxylic acids is 2. The third-order valence-corrected chi connectivity index (χ3v) is 3.78. The lowest BCUT2D eigenvalue weighted by molar-refractivity contribution is -0.121. The van der Waals surface area contributed by atoms with Crippen LogP contribution in [0.2, 0.25) is 0 Å². The summed E-state index contributed by atoms with van der Waals surface area (Å²) in [7, 11) is 0. The molecular formula is C15H14BrN3O3. The summed E-state index contributed by atoms with van der Waals surface area (Å²) in [6.45, 7) is 0.687. The van der Waals surface area contributed by atoms with E-state index in [1.54, 1.807) is 12.3 Å². The van der Waals surface area contributed by atoms with Gasteiger partial charge in [-0.1, -0.05) is 12.1 Å². The number of nitrogens with one attached hydrogen (secondary N) is 3. The van der Waals surface area contributed by atoms with Gasteiger partial charge in [0.1, 0.15) is 11.4 Å². The van der Waals surface area contributed by atoms with Crippen LogP contribution in [-0.4, -0.2) is 23.4 Å². The molecule has 1 aliphatic rings. The zero-order valence-corrected chi connectivity index (χ0v) is 13.2. The molecule has 0 atom stereocenters. The second kappa shape index (κ2) is 6.23. The second-order valence-electron chi connectivity index (χ2n) is 4.95. The Morgan fingerprint density at radius 1 is 1.27 bits per heavy atom. The number of aromatic amines is 1. The van der Waals surface area contributed by atoms with Gasteiger partial charge in [0.15, 0.2) is 0 Å². The molecule has 0 saturated heterocycles. The maximum Gasteiger partial charge on any atom is 0.286 e. The highest BCUT2D eigenvalue weighted by atomic mass is 79.9. The quantitative estimate of drug-likeness (QED) is 0.726. The highest BCUT2D eigenvalue weighted by molar-refractivity contribution is 9.10. The van der Waals surface area contributed by atoms with E-state index in [4.69, 9.17) is 4.74 Å². The van der Waals surface area contributed by atoms with Crippen LogP contribution >= 0.6 is 15.9 Å². The van der Waals surface area contributed by atoms with Crippen LogP contribution in [0, 0.1) is 0 Å². The van der Waals surface area contributed by atoms with Crippen molar-refractivity contribution in [1.29, 1.82) is 0 Å². The molecule has 2 aromatic rings. The summed E-state index contributed by atoms with van der Waals surface area (Å²) < 4.78 is 6.19. The van der Waals surface area contributed by atoms with E-state index in [0.717, 1.165) is 27.8 Å². The van der Waals surface area contributed by atoms with E-state index in [2.05, 4.69) is 31.8 Å². The van der Waals surface area contributed by atoms with Crippen LogP contribution in [0.25, 0.3) is 0 Å². The molecule has 0 radical (unpaired) electrons. The first-order valence-electron chi connectivity index (χ1n) is 6.79. The number of hydrazine groups is 1. The van der Waals surface area contributed by atoms with E-state index in [9.17, 15) is 9.59 Å². The van der Waals surface area contributed by atoms with Crippen molar-refractivity contribution in [2.24, 2.45) is 0 Å². The molecule has 1 aliphatic heterocycles. The summed E-state index contributed by atoms with van der Waals surface area (Å²) in [4.78, 5) is 26.4. The average molecular weight is 364 g/mol. The fourth-order valence-corrected chi connectivity index (χ4v) is 2.62. The lowest BCUT2D eigenvalue weighted by Crippen LogP contribution is -2.42. The number of benzene rings is 1. The Bertz CT molecular complexity index is 727. The Labute approximate surface area is 135 Å². The predicted molar refractivity (Wildman–Crippen MR) is 83.4 cm³/mol. The Balaban J connectivity index is 1.53. The first kappa shape index (κ1) is 14.6. The number of H-pyrrole nitrogens is 1. The molecule has 1 aromatic carbocycles. The average Bonchev–Trinajstić information content (AvgIpc) is 3.13. The summed E-state index contributed by atoms with van der Waals surface area (Å²) in [5.74, 6) is 0.203. The summed E-state index contributed by atoms with van der Waals surface area (Å²) in [6.07, 6.45) is 2.70. The van der Waals surface area contributed by atoms with Crippen molar-refractivity contribution >= 4 is 27.7 Å². The van der Waals surface area contributed by atoms with E-state index in [1.165, 1.54) is 0 Å². The van der Waals surface area contributed by atoms with Crippen molar-refractivity contribution in [1.82, 2.24) is 15.8 Å². The number of aromatic nitrogens is 1. The van der Waals surface area contributed by atoms with Gasteiger partial charge in [0.25, 0.3) is 5.91 Å². The van der Waals surface area contributed by atoms with Crippen LogP contribution in [-0.2, 0) is 17.6 Å². The third kappa shape index (κ3) is 3.30. The van der Waals surface area contributed by atoms with Crippen molar-refractivity contribution in [3.05, 3.63) is 51.8 Å². The normalized spacial score (nSPS) is 12.4. The van der Waals surface area contributed by atoms with Crippen LogP contribution in [0.4, 0.5) is 0 Å². The van der Waals surface area contributed by atoms with E-state index < -0.39 is 5.91 Å². The highest BCUT2D eigenvalue weighted by Gasteiger charge is 2.14. The Hall–Kier alpha value is -2.28. The lowest BCUT2D eigenvalue weighted by Gasteiger charge is -2.07. The molecular weight excluding hydrogens is 350 g/mol. The molecule has 2 heterocycles. The minimum atomic E-state index is -0.401. The molecule has 3 N–H and O–H groups in total. The summed E-state index contributed by atoms with van der Waals surface area (Å²) >= 11 is 3.24. The van der Waals surface area contributed by atoms with Crippen molar-refractivity contribution in [2.45, 2.75) is 12.8 Å². The summed E-state index contributed by atoms with van der Waals surface area (Å²) in [5, 5.41) is 0. The van der Waals surface area contributed by atoms with Crippen molar-refractivity contribution in [2.75, 3.05) is 6.61 Å². The number of amides is 2. The molecule has 22 heavy (non-hydrogen) atoms. The van der Waals surface area contributed by atoms with Crippen LogP contribution < -0.4 is 15.6 Å². The number of halogens is 1. The molecule has 0 saturated carbocycles. The fraction of sp³-hybridized carbons (Fsp3) is 0.200. The molecule has 0 spiro atoms. The lowest BCUT2D eigenvalue weighted by atomic mass is 10.1. The van der Waals surface area contributed by atoms with Crippen molar-refractivity contribution in [3.8, 4) is 5.75 Å². The second-order valence-corrected chi connectivity index (χ2v) is 5.87. The smallest absolute Gasteiger partial charge is 0.286 e. The number of fused-ring (bicyclic) bond motifs is 1. The van der Waals surface area contributed by atoms with Gasteiger partial charge in [-0.25, -0.2) is 0 Å². The number of ether oxygens (including phenoxy) is 1. The van der Waals surface area contributed by atoms with E-state index in [1.807, 2.05) is 18.2 Å². The van der Waals surface area contributed by atoms with E-state index in [0.29, 0.717) is 12.3 Å². The van der Waals surface area contributed by atoms with Crippen LogP contribution in [0.1, 0.15) is 21.6 Å². The predicted octanol–water partition coefficient (Wildman–Crippen LogP) is 1.72. The minimum absolute atomic E-state index is 0.196. The number of carbonyl (C=O) groups is 2. The van der Waals surface area contributed by atoms with Gasteiger partial charge in [-0.3, -0.25) is 20.4 Å². The van der Waals surface area contributed by atoms with Gasteiger partial charge in [0.05, 0.1) is 13.0 Å². The first-order valence-corrected chi connectivity index (χ1v) is 7.59. The zero-order chi connectivity index (χ0) is 15.5. The zero-order valence-electron chi connectivity index (χ0n) is 11.6. The largest absolute Gasteiger partial charge is 0.493 e. The molecule has 6 nitrogen and oxygen atoms in total. The van der Waals surface area contributed by atoms with E-state index >= 15 is 0 Å². The molecule has 7 heteroatoms. The number of hydrogen-bond donors (Lipinski definition) is 3. The number of rotatable bonds is 3. The van der Waals surface area contributed by atoms with Gasteiger partial charge in [-0.05, 0) is 39.2 Å². The molecule has 0 fully saturated rings. The van der Waals surface area contributed by atoms with Gasteiger partial charge in [0.2, 0.25) is 5.91 Å². The Kier molecular flexibility index (Phi) is 4.15. The van der Waals surface area contributed by atoms with Gasteiger partial charge < -0.3 is 9.72 Å². The fourth-order valence-electron chi connectivity index (χ4n) is 2.27. The van der Waals surface area contributed by atoms with Crippen LogP contribution in [0.3, 0.4) is 0 Å². The summed E-state index contributed by atoms with van der Waals surface area (Å²) in [6, 6.07) is 7.32. The molecule has 2 amide bonds.